The average Bonchev–Trinajstić information content (AvgIpc) is 3.52. The number of amidine groups is 1. The third kappa shape index (κ3) is 5.54. The number of hydrazone groups is 1. The number of aliphatic imine (C=N–C) groups is 1. The van der Waals surface area contributed by atoms with E-state index in [4.69, 9.17) is 26.2 Å². The van der Waals surface area contributed by atoms with Crippen molar-refractivity contribution < 1.29 is 19.1 Å². The molecule has 10 heteroatoms. The Morgan fingerprint density at radius 1 is 1.08 bits per heavy atom. The lowest BCUT2D eigenvalue weighted by molar-refractivity contribution is -0.121. The standard InChI is InChI=1S/C28H25ClN4O4S/c1-36-20-11-12-24(37-2)21(14-20)22-15-23(17-7-6-8-18(29)13-17)33(32-22)28-31-27(35)25(38-28)16-26(34)30-19-9-4-3-5-10-19/h3-14,23,25H,15-16H2,1-2H3,(H,30,34)/t23-,25+/m1/s1. The quantitative estimate of drug-likeness (QED) is 0.417. The van der Waals surface area contributed by atoms with Gasteiger partial charge in [-0.15, -0.1) is 0 Å². The normalized spacial score (nSPS) is 18.7. The third-order valence-electron chi connectivity index (χ3n) is 6.21. The van der Waals surface area contributed by atoms with Gasteiger partial charge in [-0.3, -0.25) is 9.59 Å². The largest absolute Gasteiger partial charge is 0.497 e. The van der Waals surface area contributed by atoms with Crippen molar-refractivity contribution in [2.24, 2.45) is 10.1 Å². The van der Waals surface area contributed by atoms with Crippen LogP contribution in [0.1, 0.15) is 30.0 Å². The van der Waals surface area contributed by atoms with E-state index in [0.717, 1.165) is 16.8 Å². The number of ether oxygens (including phenoxy) is 2. The van der Waals surface area contributed by atoms with Gasteiger partial charge >= 0.3 is 0 Å². The smallest absolute Gasteiger partial charge is 0.262 e. The summed E-state index contributed by atoms with van der Waals surface area (Å²) in [5.74, 6) is 0.717. The lowest BCUT2D eigenvalue weighted by atomic mass is 9.98. The van der Waals surface area contributed by atoms with Crippen LogP contribution in [0.15, 0.2) is 82.9 Å². The Morgan fingerprint density at radius 2 is 1.89 bits per heavy atom. The number of nitrogens with one attached hydrogen (secondary N) is 1. The van der Waals surface area contributed by atoms with Crippen LogP contribution in [-0.2, 0) is 9.59 Å². The van der Waals surface area contributed by atoms with Crippen molar-refractivity contribution in [2.45, 2.75) is 24.1 Å². The van der Waals surface area contributed by atoms with Crippen LogP contribution in [0, 0.1) is 0 Å². The monoisotopic (exact) mass is 548 g/mol. The van der Waals surface area contributed by atoms with Gasteiger partial charge in [0.1, 0.15) is 16.7 Å². The summed E-state index contributed by atoms with van der Waals surface area (Å²) in [5, 5.41) is 9.87. The molecule has 2 atom stereocenters. The number of anilines is 1. The molecule has 2 aliphatic heterocycles. The van der Waals surface area contributed by atoms with Gasteiger partial charge in [-0.05, 0) is 48.0 Å². The molecule has 0 saturated carbocycles. The molecule has 0 bridgehead atoms. The molecule has 0 aliphatic carbocycles. The fraction of sp³-hybridized carbons (Fsp3) is 0.214. The molecule has 3 aromatic carbocycles. The molecule has 0 radical (unpaired) electrons. The molecule has 0 fully saturated rings. The molecule has 2 aliphatic rings. The van der Waals surface area contributed by atoms with E-state index < -0.39 is 5.25 Å². The van der Waals surface area contributed by atoms with E-state index in [1.165, 1.54) is 11.8 Å². The van der Waals surface area contributed by atoms with Crippen molar-refractivity contribution in [3.05, 3.63) is 88.9 Å². The van der Waals surface area contributed by atoms with Crippen molar-refractivity contribution >= 4 is 51.7 Å². The van der Waals surface area contributed by atoms with Crippen molar-refractivity contribution in [1.29, 1.82) is 0 Å². The minimum absolute atomic E-state index is 0.00133. The second-order valence-electron chi connectivity index (χ2n) is 8.69. The van der Waals surface area contributed by atoms with Crippen LogP contribution in [-0.4, -0.2) is 47.2 Å². The molecule has 38 heavy (non-hydrogen) atoms. The molecular formula is C28H25ClN4O4S. The third-order valence-corrected chi connectivity index (χ3v) is 7.59. The van der Waals surface area contributed by atoms with Gasteiger partial charge in [-0.1, -0.05) is 53.7 Å². The second-order valence-corrected chi connectivity index (χ2v) is 10.3. The molecule has 0 saturated heterocycles. The predicted octanol–water partition coefficient (Wildman–Crippen LogP) is 5.54. The number of benzene rings is 3. The lowest BCUT2D eigenvalue weighted by Gasteiger charge is -2.23. The van der Waals surface area contributed by atoms with Crippen LogP contribution in [0.3, 0.4) is 0 Å². The fourth-order valence-corrected chi connectivity index (χ4v) is 5.63. The van der Waals surface area contributed by atoms with E-state index in [2.05, 4.69) is 10.3 Å². The molecule has 8 nitrogen and oxygen atoms in total. The highest BCUT2D eigenvalue weighted by Crippen LogP contribution is 2.40. The topological polar surface area (TPSA) is 92.6 Å². The molecule has 0 unspecified atom stereocenters. The number of amides is 2. The molecule has 5 rings (SSSR count). The molecule has 194 valence electrons. The first-order chi connectivity index (χ1) is 18.4. The van der Waals surface area contributed by atoms with Crippen LogP contribution in [0.2, 0.25) is 5.02 Å². The van der Waals surface area contributed by atoms with E-state index in [1.54, 1.807) is 31.4 Å². The number of halogens is 1. The average molecular weight is 549 g/mol. The highest BCUT2D eigenvalue weighted by atomic mass is 35.5. The van der Waals surface area contributed by atoms with Crippen LogP contribution < -0.4 is 14.8 Å². The van der Waals surface area contributed by atoms with Crippen LogP contribution in [0.4, 0.5) is 5.69 Å². The zero-order chi connectivity index (χ0) is 26.6. The van der Waals surface area contributed by atoms with Crippen molar-refractivity contribution in [1.82, 2.24) is 5.01 Å². The van der Waals surface area contributed by atoms with Gasteiger partial charge in [-0.2, -0.15) is 10.1 Å². The van der Waals surface area contributed by atoms with Crippen molar-refractivity contribution in [3.8, 4) is 11.5 Å². The van der Waals surface area contributed by atoms with E-state index in [-0.39, 0.29) is 24.3 Å². The van der Waals surface area contributed by atoms with Gasteiger partial charge in [0.25, 0.3) is 5.91 Å². The number of para-hydroxylation sites is 1. The zero-order valence-electron chi connectivity index (χ0n) is 20.8. The Morgan fingerprint density at radius 3 is 2.63 bits per heavy atom. The number of nitrogens with zero attached hydrogens (tertiary/aromatic N) is 3. The van der Waals surface area contributed by atoms with Crippen LogP contribution >= 0.6 is 23.4 Å². The first-order valence-electron chi connectivity index (χ1n) is 11.9. The minimum Gasteiger partial charge on any atom is -0.497 e. The number of carbonyl (C=O) groups excluding carboxylic acids is 2. The molecule has 0 aromatic heterocycles. The van der Waals surface area contributed by atoms with Crippen molar-refractivity contribution in [2.75, 3.05) is 19.5 Å². The predicted molar refractivity (Wildman–Crippen MR) is 150 cm³/mol. The van der Waals surface area contributed by atoms with Gasteiger partial charge in [0.2, 0.25) is 5.91 Å². The van der Waals surface area contributed by atoms with Crippen LogP contribution in [0.5, 0.6) is 11.5 Å². The Hall–Kier alpha value is -3.82. The van der Waals surface area contributed by atoms with Crippen LogP contribution in [0.25, 0.3) is 0 Å². The second kappa shape index (κ2) is 11.3. The molecular weight excluding hydrogens is 524 g/mol. The highest BCUT2D eigenvalue weighted by Gasteiger charge is 2.39. The summed E-state index contributed by atoms with van der Waals surface area (Å²) >= 11 is 7.56. The summed E-state index contributed by atoms with van der Waals surface area (Å²) in [4.78, 5) is 29.8. The lowest BCUT2D eigenvalue weighted by Crippen LogP contribution is -2.25. The summed E-state index contributed by atoms with van der Waals surface area (Å²) in [6.07, 6.45) is 0.526. The minimum atomic E-state index is -0.640. The molecule has 0 spiro atoms. The molecule has 1 N–H and O–H groups in total. The summed E-state index contributed by atoms with van der Waals surface area (Å²) in [6.45, 7) is 0. The number of rotatable bonds is 7. The summed E-state index contributed by atoms with van der Waals surface area (Å²) in [6, 6.07) is 22.0. The first kappa shape index (κ1) is 25.8. The summed E-state index contributed by atoms with van der Waals surface area (Å²) < 4.78 is 11.0. The van der Waals surface area contributed by atoms with Gasteiger partial charge in [0.05, 0.1) is 26.0 Å². The maximum Gasteiger partial charge on any atom is 0.262 e. The zero-order valence-corrected chi connectivity index (χ0v) is 22.3. The molecule has 2 heterocycles. The van der Waals surface area contributed by atoms with E-state index in [0.29, 0.717) is 33.8 Å². The number of hydrogen-bond donors (Lipinski definition) is 1. The SMILES string of the molecule is COc1ccc(OC)c(C2=NN(C3=NC(=O)[C@H](CC(=O)Nc4ccccc4)S3)[C@@H](c3cccc(Cl)c3)C2)c1. The maximum atomic E-state index is 12.8. The van der Waals surface area contributed by atoms with Gasteiger partial charge in [0, 0.05) is 29.1 Å². The Balaban J connectivity index is 1.42. The Bertz CT molecular complexity index is 1430. The number of thioether (sulfide) groups is 1. The highest BCUT2D eigenvalue weighted by molar-refractivity contribution is 8.15. The van der Waals surface area contributed by atoms with E-state index in [1.807, 2.05) is 60.7 Å². The van der Waals surface area contributed by atoms with Gasteiger partial charge in [-0.25, -0.2) is 5.01 Å². The number of methoxy groups -OCH3 is 2. The molecule has 3 aromatic rings. The fourth-order valence-electron chi connectivity index (χ4n) is 4.37. The summed E-state index contributed by atoms with van der Waals surface area (Å²) in [7, 11) is 3.21. The van der Waals surface area contributed by atoms with Gasteiger partial charge < -0.3 is 14.8 Å². The first-order valence-corrected chi connectivity index (χ1v) is 13.2. The maximum absolute atomic E-state index is 12.8. The Kier molecular flexibility index (Phi) is 7.67. The van der Waals surface area contributed by atoms with E-state index in [9.17, 15) is 9.59 Å². The Labute approximate surface area is 229 Å². The number of hydrogen-bond acceptors (Lipinski definition) is 7. The van der Waals surface area contributed by atoms with E-state index >= 15 is 0 Å². The molecule has 2 amide bonds. The summed E-state index contributed by atoms with van der Waals surface area (Å²) in [5.41, 5.74) is 3.15. The number of carbonyl (C=O) groups is 2. The van der Waals surface area contributed by atoms with Gasteiger partial charge in [0.15, 0.2) is 5.17 Å². The van der Waals surface area contributed by atoms with Crippen molar-refractivity contribution in [3.63, 3.8) is 0 Å².